The van der Waals surface area contributed by atoms with Crippen molar-refractivity contribution in [1.29, 1.82) is 0 Å². The van der Waals surface area contributed by atoms with Gasteiger partial charge in [0.2, 0.25) is 0 Å². The standard InChI is InChI=1S/C7H5BrN2O/c8-6-3-5-1-2-9-10(5)4-7(6)11/h1-4,11H. The third kappa shape index (κ3) is 0.991. The van der Waals surface area contributed by atoms with Crippen LogP contribution in [0.3, 0.4) is 0 Å². The molecule has 0 fully saturated rings. The molecule has 3 nitrogen and oxygen atoms in total. The lowest BCUT2D eigenvalue weighted by atomic mass is 10.4. The highest BCUT2D eigenvalue weighted by Crippen LogP contribution is 2.23. The molecular weight excluding hydrogens is 208 g/mol. The van der Waals surface area contributed by atoms with Crippen molar-refractivity contribution in [2.45, 2.75) is 0 Å². The average Bonchev–Trinajstić information content (AvgIpc) is 2.36. The molecule has 4 heteroatoms. The van der Waals surface area contributed by atoms with Gasteiger partial charge in [-0.2, -0.15) is 5.10 Å². The third-order valence-electron chi connectivity index (χ3n) is 1.46. The number of aromatic nitrogens is 2. The van der Waals surface area contributed by atoms with Gasteiger partial charge in [-0.3, -0.25) is 0 Å². The van der Waals surface area contributed by atoms with Gasteiger partial charge < -0.3 is 5.11 Å². The number of pyridine rings is 1. The Hall–Kier alpha value is -1.03. The van der Waals surface area contributed by atoms with Crippen molar-refractivity contribution in [1.82, 2.24) is 9.61 Å². The van der Waals surface area contributed by atoms with E-state index in [1.54, 1.807) is 16.9 Å². The summed E-state index contributed by atoms with van der Waals surface area (Å²) in [6, 6.07) is 3.67. The van der Waals surface area contributed by atoms with Gasteiger partial charge in [-0.1, -0.05) is 0 Å². The molecule has 2 rings (SSSR count). The fraction of sp³-hybridized carbons (Fsp3) is 0. The van der Waals surface area contributed by atoms with E-state index in [9.17, 15) is 5.11 Å². The molecule has 56 valence electrons. The van der Waals surface area contributed by atoms with Crippen LogP contribution < -0.4 is 0 Å². The van der Waals surface area contributed by atoms with Crippen LogP contribution in [0.1, 0.15) is 0 Å². The maximum Gasteiger partial charge on any atom is 0.148 e. The number of fused-ring (bicyclic) bond motifs is 1. The lowest BCUT2D eigenvalue weighted by Crippen LogP contribution is -1.84. The van der Waals surface area contributed by atoms with Crippen LogP contribution >= 0.6 is 15.9 Å². The van der Waals surface area contributed by atoms with Crippen molar-refractivity contribution in [2.75, 3.05) is 0 Å². The summed E-state index contributed by atoms with van der Waals surface area (Å²) in [6.07, 6.45) is 3.24. The number of rotatable bonds is 0. The van der Waals surface area contributed by atoms with Gasteiger partial charge in [-0.25, -0.2) is 4.52 Å². The van der Waals surface area contributed by atoms with E-state index >= 15 is 0 Å². The first-order valence-electron chi connectivity index (χ1n) is 3.09. The maximum atomic E-state index is 9.23. The number of aromatic hydroxyl groups is 1. The summed E-state index contributed by atoms with van der Waals surface area (Å²) >= 11 is 3.21. The molecule has 0 saturated heterocycles. The molecule has 11 heavy (non-hydrogen) atoms. The first-order valence-corrected chi connectivity index (χ1v) is 3.88. The van der Waals surface area contributed by atoms with Crippen LogP contribution in [0.5, 0.6) is 5.75 Å². The Labute approximate surface area is 71.4 Å². The molecule has 0 atom stereocenters. The van der Waals surface area contributed by atoms with Crippen molar-refractivity contribution in [3.63, 3.8) is 0 Å². The summed E-state index contributed by atoms with van der Waals surface area (Å²) in [5.74, 6) is 0.196. The summed E-state index contributed by atoms with van der Waals surface area (Å²) in [5.41, 5.74) is 0.953. The number of hydrogen-bond donors (Lipinski definition) is 1. The molecule has 0 radical (unpaired) electrons. The molecule has 0 aliphatic rings. The molecule has 0 spiro atoms. The Balaban J connectivity index is 2.86. The zero-order valence-electron chi connectivity index (χ0n) is 5.53. The molecule has 2 aromatic heterocycles. The maximum absolute atomic E-state index is 9.23. The Morgan fingerprint density at radius 1 is 1.55 bits per heavy atom. The van der Waals surface area contributed by atoms with Crippen LogP contribution in [0.4, 0.5) is 0 Å². The molecule has 0 aliphatic carbocycles. The van der Waals surface area contributed by atoms with E-state index in [4.69, 9.17) is 0 Å². The highest BCUT2D eigenvalue weighted by molar-refractivity contribution is 9.10. The molecule has 2 aromatic rings. The van der Waals surface area contributed by atoms with E-state index in [0.29, 0.717) is 4.47 Å². The summed E-state index contributed by atoms with van der Waals surface area (Å²) < 4.78 is 2.30. The van der Waals surface area contributed by atoms with Gasteiger partial charge >= 0.3 is 0 Å². The molecule has 1 N–H and O–H groups in total. The van der Waals surface area contributed by atoms with Gasteiger partial charge in [0.05, 0.1) is 16.2 Å². The first-order chi connectivity index (χ1) is 5.27. The van der Waals surface area contributed by atoms with E-state index in [0.717, 1.165) is 5.52 Å². The van der Waals surface area contributed by atoms with Gasteiger partial charge in [0.25, 0.3) is 0 Å². The fourth-order valence-electron chi connectivity index (χ4n) is 0.928. The van der Waals surface area contributed by atoms with Gasteiger partial charge in [0, 0.05) is 6.20 Å². The normalized spacial score (nSPS) is 10.6. The highest BCUT2D eigenvalue weighted by Gasteiger charge is 1.99. The van der Waals surface area contributed by atoms with E-state index in [1.165, 1.54) is 0 Å². The third-order valence-corrected chi connectivity index (χ3v) is 2.10. The van der Waals surface area contributed by atoms with Crippen molar-refractivity contribution in [2.24, 2.45) is 0 Å². The predicted octanol–water partition coefficient (Wildman–Crippen LogP) is 1.80. The predicted molar refractivity (Wildman–Crippen MR) is 44.6 cm³/mol. The fourth-order valence-corrected chi connectivity index (χ4v) is 1.26. The average molecular weight is 213 g/mol. The van der Waals surface area contributed by atoms with Crippen LogP contribution in [0, 0.1) is 0 Å². The van der Waals surface area contributed by atoms with Crippen molar-refractivity contribution in [3.05, 3.63) is 29.0 Å². The second-order valence-corrected chi connectivity index (χ2v) is 3.06. The monoisotopic (exact) mass is 212 g/mol. The van der Waals surface area contributed by atoms with Crippen molar-refractivity contribution < 1.29 is 5.11 Å². The lowest BCUT2D eigenvalue weighted by molar-refractivity contribution is 0.467. The molecule has 0 bridgehead atoms. The van der Waals surface area contributed by atoms with E-state index in [2.05, 4.69) is 21.0 Å². The second-order valence-electron chi connectivity index (χ2n) is 2.21. The van der Waals surface area contributed by atoms with E-state index in [-0.39, 0.29) is 5.75 Å². The molecule has 0 amide bonds. The minimum Gasteiger partial charge on any atom is -0.505 e. The molecule has 0 aliphatic heterocycles. The van der Waals surface area contributed by atoms with Gasteiger partial charge in [-0.05, 0) is 28.1 Å². The van der Waals surface area contributed by atoms with Gasteiger partial charge in [-0.15, -0.1) is 0 Å². The van der Waals surface area contributed by atoms with Crippen molar-refractivity contribution >= 4 is 21.4 Å². The van der Waals surface area contributed by atoms with Crippen LogP contribution in [0.15, 0.2) is 29.0 Å². The van der Waals surface area contributed by atoms with Crippen molar-refractivity contribution in [3.8, 4) is 5.75 Å². The van der Waals surface area contributed by atoms with Gasteiger partial charge in [0.15, 0.2) is 0 Å². The smallest absolute Gasteiger partial charge is 0.148 e. The number of halogens is 1. The minimum absolute atomic E-state index is 0.196. The highest BCUT2D eigenvalue weighted by atomic mass is 79.9. The minimum atomic E-state index is 0.196. The zero-order valence-corrected chi connectivity index (χ0v) is 7.12. The summed E-state index contributed by atoms with van der Waals surface area (Å²) in [6.45, 7) is 0. The van der Waals surface area contributed by atoms with Crippen LogP contribution in [-0.4, -0.2) is 14.7 Å². The summed E-state index contributed by atoms with van der Waals surface area (Å²) in [5, 5.41) is 13.2. The number of hydrogen-bond acceptors (Lipinski definition) is 2. The van der Waals surface area contributed by atoms with Gasteiger partial charge in [0.1, 0.15) is 5.75 Å². The number of nitrogens with zero attached hydrogens (tertiary/aromatic N) is 2. The Kier molecular flexibility index (Phi) is 1.35. The van der Waals surface area contributed by atoms with E-state index in [1.807, 2.05) is 12.1 Å². The van der Waals surface area contributed by atoms with E-state index < -0.39 is 0 Å². The van der Waals surface area contributed by atoms with Crippen LogP contribution in [0.25, 0.3) is 5.52 Å². The molecular formula is C7H5BrN2O. The summed E-state index contributed by atoms with van der Waals surface area (Å²) in [4.78, 5) is 0. The SMILES string of the molecule is Oc1cn2nccc2cc1Br. The Bertz CT molecular complexity index is 360. The molecule has 2 heterocycles. The van der Waals surface area contributed by atoms with Crippen LogP contribution in [-0.2, 0) is 0 Å². The topological polar surface area (TPSA) is 37.5 Å². The van der Waals surface area contributed by atoms with Crippen LogP contribution in [0.2, 0.25) is 0 Å². The Morgan fingerprint density at radius 2 is 2.36 bits per heavy atom. The second kappa shape index (κ2) is 2.23. The molecule has 0 unspecified atom stereocenters. The molecule has 0 saturated carbocycles. The largest absolute Gasteiger partial charge is 0.505 e. The summed E-state index contributed by atoms with van der Waals surface area (Å²) in [7, 11) is 0. The Morgan fingerprint density at radius 3 is 3.18 bits per heavy atom. The first kappa shape index (κ1) is 6.67. The lowest BCUT2D eigenvalue weighted by Gasteiger charge is -1.96. The quantitative estimate of drug-likeness (QED) is 0.724. The molecule has 0 aromatic carbocycles. The zero-order chi connectivity index (χ0) is 7.84.